The van der Waals surface area contributed by atoms with E-state index >= 15 is 0 Å². The average Bonchev–Trinajstić information content (AvgIpc) is 1.45. The Morgan fingerprint density at radius 3 is 2.30 bits per heavy atom. The maximum atomic E-state index is 14.5. The first kappa shape index (κ1) is 69.6. The molecular weight excluding hydrogens is 1250 g/mol. The molecule has 25 nitrogen and oxygen atoms in total. The Kier molecular flexibility index (Phi) is 23.0. The van der Waals surface area contributed by atoms with Crippen LogP contribution in [0.25, 0.3) is 33.4 Å². The Morgan fingerprint density at radius 1 is 0.862 bits per heavy atom. The van der Waals surface area contributed by atoms with Crippen LogP contribution in [0, 0.1) is 5.92 Å². The van der Waals surface area contributed by atoms with Crippen LogP contribution in [-0.2, 0) is 107 Å². The van der Waals surface area contributed by atoms with Gasteiger partial charge in [0.25, 0.3) is 5.56 Å². The number of carbonyl (C=O) groups is 6. The number of nitrogens with zero attached hydrogens (tertiary/aromatic N) is 8. The molecule has 3 aromatic carbocycles. The molecule has 0 spiro atoms. The number of nitrogens with two attached hydrogens (primary N) is 1. The molecule has 3 N–H and O–H groups in total. The molecule has 0 radical (unpaired) electrons. The summed E-state index contributed by atoms with van der Waals surface area (Å²) in [6.45, 7) is 6.36. The highest BCUT2D eigenvalue weighted by Crippen LogP contribution is 2.42. The fraction of sp³-hybridized carbons (Fsp3) is 0.418. The number of aryl methyl sites for hydroxylation is 1. The van der Waals surface area contributed by atoms with Crippen LogP contribution in [0.1, 0.15) is 116 Å². The van der Waals surface area contributed by atoms with Crippen LogP contribution in [0.2, 0.25) is 0 Å². The molecule has 498 valence electrons. The van der Waals surface area contributed by atoms with Crippen molar-refractivity contribution in [1.29, 1.82) is 0 Å². The lowest BCUT2D eigenvalue weighted by Crippen LogP contribution is -2.47. The third kappa shape index (κ3) is 17.2. The second kappa shape index (κ2) is 31.0. The van der Waals surface area contributed by atoms with E-state index in [1.54, 1.807) is 83.2 Å². The largest absolute Gasteiger partial charge is 0.510 e. The minimum atomic E-state index is -3.52. The molecule has 0 fully saturated rings. The van der Waals surface area contributed by atoms with Crippen LogP contribution < -0.4 is 16.6 Å². The first-order chi connectivity index (χ1) is 45.0. The van der Waals surface area contributed by atoms with Crippen molar-refractivity contribution in [1.82, 2.24) is 38.8 Å². The van der Waals surface area contributed by atoms with E-state index in [0.717, 1.165) is 28.3 Å². The number of amides is 1. The number of Topliss-reactive ketones (excluding diaryl/α,β-unsaturated/α-hetero) is 3. The van der Waals surface area contributed by atoms with Crippen LogP contribution in [0.15, 0.2) is 107 Å². The molecular formula is C67H78N10O15S2. The summed E-state index contributed by atoms with van der Waals surface area (Å²) in [5.41, 5.74) is 10.5. The van der Waals surface area contributed by atoms with Gasteiger partial charge in [0.2, 0.25) is 26.5 Å². The fourth-order valence-electron chi connectivity index (χ4n) is 11.5. The zero-order valence-corrected chi connectivity index (χ0v) is 55.0. The van der Waals surface area contributed by atoms with Gasteiger partial charge in [-0.1, -0.05) is 73.2 Å². The van der Waals surface area contributed by atoms with Crippen molar-refractivity contribution in [3.8, 4) is 22.5 Å². The van der Waals surface area contributed by atoms with Gasteiger partial charge in [-0.2, -0.15) is 0 Å². The molecule has 2 aliphatic rings. The number of cyclic esters (lactones) is 1. The number of ketones is 3. The number of hydrogen-bond donors (Lipinski definition) is 2. The van der Waals surface area contributed by atoms with Gasteiger partial charge in [0.15, 0.2) is 17.3 Å². The van der Waals surface area contributed by atoms with Gasteiger partial charge in [-0.05, 0) is 99.3 Å². The van der Waals surface area contributed by atoms with Crippen LogP contribution in [0.3, 0.4) is 0 Å². The molecule has 1 unspecified atom stereocenters. The summed E-state index contributed by atoms with van der Waals surface area (Å²) in [6, 6.07) is 22.6. The van der Waals surface area contributed by atoms with Gasteiger partial charge in [-0.3, -0.25) is 28.2 Å². The topological polar surface area (TPSA) is 332 Å². The van der Waals surface area contributed by atoms with Gasteiger partial charge in [0.1, 0.15) is 26.4 Å². The molecule has 6 heterocycles. The van der Waals surface area contributed by atoms with Crippen molar-refractivity contribution in [3.05, 3.63) is 147 Å². The molecule has 0 bridgehead atoms. The number of aromatic nitrogens is 7. The van der Waals surface area contributed by atoms with Gasteiger partial charge >= 0.3 is 12.1 Å². The molecule has 9 rings (SSSR count). The first-order valence-electron chi connectivity index (χ1n) is 31.1. The predicted molar refractivity (Wildman–Crippen MR) is 351 cm³/mol. The second-order valence-corrected chi connectivity index (χ2v) is 28.0. The van der Waals surface area contributed by atoms with Crippen LogP contribution >= 0.6 is 0 Å². The predicted octanol–water partition coefficient (Wildman–Crippen LogP) is 6.95. The Balaban J connectivity index is 0.697. The second-order valence-electron chi connectivity index (χ2n) is 23.7. The van der Waals surface area contributed by atoms with E-state index in [-0.39, 0.29) is 98.3 Å². The third-order valence-corrected chi connectivity index (χ3v) is 18.9. The van der Waals surface area contributed by atoms with Crippen LogP contribution in [-0.4, -0.2) is 151 Å². The van der Waals surface area contributed by atoms with Gasteiger partial charge in [-0.15, -0.1) is 5.10 Å². The highest BCUT2D eigenvalue weighted by Gasteiger charge is 2.51. The third-order valence-electron chi connectivity index (χ3n) is 16.5. The number of sulfone groups is 1. The molecule has 0 aliphatic carbocycles. The molecule has 3 atom stereocenters. The van der Waals surface area contributed by atoms with Crippen molar-refractivity contribution < 1.29 is 65.1 Å². The number of hydrogen-bond acceptors (Lipinski definition) is 21. The molecule has 1 amide bonds. The molecule has 94 heavy (non-hydrogen) atoms. The number of esters is 1. The van der Waals surface area contributed by atoms with Crippen LogP contribution in [0.5, 0.6) is 0 Å². The monoisotopic (exact) mass is 1330 g/mol. The summed E-state index contributed by atoms with van der Waals surface area (Å²) in [5.74, 6) is 1.30. The van der Waals surface area contributed by atoms with Gasteiger partial charge in [0, 0.05) is 125 Å². The first-order valence-corrected chi connectivity index (χ1v) is 35.1. The number of rotatable bonds is 34. The summed E-state index contributed by atoms with van der Waals surface area (Å²) in [5, 5.41) is 11.8. The average molecular weight is 1330 g/mol. The van der Waals surface area contributed by atoms with Crippen molar-refractivity contribution in [3.63, 3.8) is 0 Å². The van der Waals surface area contributed by atoms with Crippen molar-refractivity contribution in [2.75, 3.05) is 57.3 Å². The van der Waals surface area contributed by atoms with E-state index in [2.05, 4.69) is 31.5 Å². The molecule has 27 heteroatoms. The minimum Gasteiger partial charge on any atom is -0.457 e. The lowest BCUT2D eigenvalue weighted by atomic mass is 9.85. The highest BCUT2D eigenvalue weighted by atomic mass is 32.2. The number of unbranched alkanes of at least 4 members (excludes halogenated alkanes) is 1. The summed E-state index contributed by atoms with van der Waals surface area (Å²) >= 11 is 0. The molecule has 0 saturated carbocycles. The number of para-hydroxylation sites is 1. The Hall–Kier alpha value is -8.73. The van der Waals surface area contributed by atoms with Crippen molar-refractivity contribution in [2.24, 2.45) is 11.7 Å². The smallest absolute Gasteiger partial charge is 0.457 e. The minimum absolute atomic E-state index is 0.0440. The van der Waals surface area contributed by atoms with E-state index < -0.39 is 54.7 Å². The number of nitrogens with one attached hydrogen (secondary N) is 1. The van der Waals surface area contributed by atoms with Gasteiger partial charge in [0.05, 0.1) is 47.9 Å². The highest BCUT2D eigenvalue weighted by molar-refractivity contribution is 7.97. The summed E-state index contributed by atoms with van der Waals surface area (Å²) < 4.78 is 69.8. The Bertz CT molecular complexity index is 4230. The lowest BCUT2D eigenvalue weighted by Gasteiger charge is -2.35. The quantitative estimate of drug-likeness (QED) is 0.0135. The van der Waals surface area contributed by atoms with E-state index in [4.69, 9.17) is 34.4 Å². The molecule has 0 saturated heterocycles. The summed E-state index contributed by atoms with van der Waals surface area (Å²) in [6.07, 6.45) is 9.11. The standard InChI is InChI=1S/C67H78N10O15S2/c1-7-67(57-34-59-61-55(38-76(59)63(82)56(57)42-90-64(67)83)53(54-15-8-9-16-58(54)72-61)27-29-77(43(2)3)93(4,5)85)92-66(84)91-39-44-17-23-49(24-18-44)71-62(81)47(13-10-11-28-68)33-52(79)41-89-40-51(78)14-12-31-88-32-30-75-37-50(73-74-75)25-26-60(80)46-21-19-45(20-22-46)48-35-69-65(70-36-48)94(6,86)87/h8-9,15-24,34-37,43,47H,4,7,10-14,25-33,38-42,68H2,1-3,5-6H3,(H,71,81)/t47-,67+,93?/m1/s1. The molecule has 2 aliphatic heterocycles. The number of ether oxygens (including phenoxy) is 5. The number of benzene rings is 3. The Morgan fingerprint density at radius 2 is 1.60 bits per heavy atom. The maximum Gasteiger partial charge on any atom is 0.510 e. The number of carbonyl (C=O) groups excluding carboxylic acids is 6. The van der Waals surface area contributed by atoms with E-state index in [9.17, 15) is 46.2 Å². The van der Waals surface area contributed by atoms with Gasteiger partial charge < -0.3 is 39.3 Å². The number of pyridine rings is 2. The fourth-order valence-corrected chi connectivity index (χ4v) is 13.4. The normalized spacial score (nSPS) is 15.2. The molecule has 4 aromatic heterocycles. The zero-order chi connectivity index (χ0) is 67.3. The van der Waals surface area contributed by atoms with Crippen LogP contribution in [0.4, 0.5) is 10.5 Å². The summed E-state index contributed by atoms with van der Waals surface area (Å²) in [4.78, 5) is 107. The maximum absolute atomic E-state index is 14.5. The number of anilines is 1. The van der Waals surface area contributed by atoms with Gasteiger partial charge in [-0.25, -0.2) is 41.9 Å². The lowest BCUT2D eigenvalue weighted by molar-refractivity contribution is -0.175. The van der Waals surface area contributed by atoms with E-state index in [0.29, 0.717) is 116 Å². The Labute approximate surface area is 545 Å². The van der Waals surface area contributed by atoms with Crippen molar-refractivity contribution in [2.45, 2.75) is 128 Å². The SMILES string of the molecule is C=S(C)(=O)N(CCc1c2c(nc3ccccc13)-c1cc3c(c(=O)n1C2)COC(=O)[C@@]3(CC)OC(=O)OCc1ccc(NC(=O)[C@H](CCCCN)CC(=O)COCC(=O)CCCOCCn2cc(CCC(=O)c3ccc(-c4cnc(S(C)(=O)=O)nc4)cc3)nn2)cc1)C(C)C. The molecule has 7 aromatic rings. The summed E-state index contributed by atoms with van der Waals surface area (Å²) in [7, 11) is -6.06. The van der Waals surface area contributed by atoms with E-state index in [1.807, 2.05) is 42.4 Å². The van der Waals surface area contributed by atoms with Crippen molar-refractivity contribution >= 4 is 77.4 Å². The van der Waals surface area contributed by atoms with E-state index in [1.165, 1.54) is 12.4 Å². The zero-order valence-electron chi connectivity index (χ0n) is 53.3. The number of fused-ring (bicyclic) bond motifs is 5.